The lowest BCUT2D eigenvalue weighted by molar-refractivity contribution is -0.0180. The highest BCUT2D eigenvalue weighted by atomic mass is 15.2. The summed E-state index contributed by atoms with van der Waals surface area (Å²) in [6, 6.07) is 0.688. The molecule has 0 saturated carbocycles. The summed E-state index contributed by atoms with van der Waals surface area (Å²) in [5, 5.41) is 3.73. The molecule has 2 rings (SSSR count). The van der Waals surface area contributed by atoms with Gasteiger partial charge in [-0.05, 0) is 60.5 Å². The van der Waals surface area contributed by atoms with Crippen molar-refractivity contribution < 1.29 is 0 Å². The van der Waals surface area contributed by atoms with Crippen molar-refractivity contribution in [2.24, 2.45) is 0 Å². The molecule has 5 heteroatoms. The molecule has 1 aliphatic heterocycles. The zero-order valence-electron chi connectivity index (χ0n) is 15.1. The van der Waals surface area contributed by atoms with Crippen LogP contribution in [0.1, 0.15) is 60.3 Å². The molecule has 2 heterocycles. The maximum atomic E-state index is 3.73. The fourth-order valence-electron chi connectivity index (χ4n) is 3.20. The van der Waals surface area contributed by atoms with E-state index in [0.717, 1.165) is 0 Å². The zero-order chi connectivity index (χ0) is 16.6. The lowest BCUT2D eigenvalue weighted by atomic mass is 9.77. The van der Waals surface area contributed by atoms with Gasteiger partial charge in [-0.25, -0.2) is 15.0 Å². The Balaban J connectivity index is 0.000000335. The van der Waals surface area contributed by atoms with E-state index in [1.165, 1.54) is 51.2 Å². The van der Waals surface area contributed by atoms with E-state index in [1.54, 1.807) is 0 Å². The standard InChI is InChI=1S/C14H30N2.C3H3N3/c1-7-8-9-15-12-10-13(2,3)16(6)14(4,5)11-12;1-4-2-6-3-5-1/h12,15H,7-11H2,1-6H3;1-3H. The van der Waals surface area contributed by atoms with Crippen molar-refractivity contribution in [3.63, 3.8) is 0 Å². The highest BCUT2D eigenvalue weighted by Gasteiger charge is 2.42. The quantitative estimate of drug-likeness (QED) is 0.867. The number of piperidine rings is 1. The van der Waals surface area contributed by atoms with Crippen molar-refractivity contribution in [2.45, 2.75) is 77.4 Å². The third-order valence-corrected chi connectivity index (χ3v) is 4.67. The molecule has 1 aliphatic rings. The molecule has 1 N–H and O–H groups in total. The van der Waals surface area contributed by atoms with Gasteiger partial charge in [0.1, 0.15) is 19.0 Å². The summed E-state index contributed by atoms with van der Waals surface area (Å²) >= 11 is 0. The molecule has 1 aromatic rings. The molecule has 5 nitrogen and oxygen atoms in total. The van der Waals surface area contributed by atoms with E-state index in [2.05, 4.69) is 66.8 Å². The van der Waals surface area contributed by atoms with Crippen molar-refractivity contribution in [2.75, 3.05) is 13.6 Å². The van der Waals surface area contributed by atoms with Crippen LogP contribution in [-0.4, -0.2) is 50.6 Å². The van der Waals surface area contributed by atoms with Gasteiger partial charge in [-0.2, -0.15) is 0 Å². The summed E-state index contributed by atoms with van der Waals surface area (Å²) in [5.74, 6) is 0. The Morgan fingerprint density at radius 2 is 1.45 bits per heavy atom. The van der Waals surface area contributed by atoms with Crippen LogP contribution in [-0.2, 0) is 0 Å². The van der Waals surface area contributed by atoms with Gasteiger partial charge >= 0.3 is 0 Å². The first-order valence-electron chi connectivity index (χ1n) is 8.32. The lowest BCUT2D eigenvalue weighted by Gasteiger charge is -2.53. The summed E-state index contributed by atoms with van der Waals surface area (Å²) in [5.41, 5.74) is 0.622. The van der Waals surface area contributed by atoms with E-state index >= 15 is 0 Å². The van der Waals surface area contributed by atoms with E-state index < -0.39 is 0 Å². The van der Waals surface area contributed by atoms with E-state index in [4.69, 9.17) is 0 Å². The second-order valence-corrected chi connectivity index (χ2v) is 7.39. The highest BCUT2D eigenvalue weighted by molar-refractivity contribution is 5.00. The molecule has 0 aromatic carbocycles. The van der Waals surface area contributed by atoms with Gasteiger partial charge in [-0.1, -0.05) is 13.3 Å². The van der Waals surface area contributed by atoms with Crippen molar-refractivity contribution in [1.29, 1.82) is 0 Å². The van der Waals surface area contributed by atoms with Crippen LogP contribution in [0.3, 0.4) is 0 Å². The number of unbranched alkanes of at least 4 members (excludes halogenated alkanes) is 1. The Morgan fingerprint density at radius 1 is 1.00 bits per heavy atom. The van der Waals surface area contributed by atoms with Crippen LogP contribution < -0.4 is 5.32 Å². The lowest BCUT2D eigenvalue weighted by Crippen LogP contribution is -2.62. The first kappa shape index (κ1) is 19.0. The molecule has 1 aromatic heterocycles. The number of nitrogens with one attached hydrogen (secondary N) is 1. The second kappa shape index (κ2) is 8.53. The van der Waals surface area contributed by atoms with E-state index in [1.807, 2.05) is 0 Å². The van der Waals surface area contributed by atoms with Gasteiger partial charge in [-0.3, -0.25) is 4.90 Å². The zero-order valence-corrected chi connectivity index (χ0v) is 15.1. The predicted octanol–water partition coefficient (Wildman–Crippen LogP) is 2.90. The summed E-state index contributed by atoms with van der Waals surface area (Å²) in [6.45, 7) is 12.9. The molecule has 0 aliphatic carbocycles. The van der Waals surface area contributed by atoms with Gasteiger partial charge in [-0.15, -0.1) is 0 Å². The molecule has 0 unspecified atom stereocenters. The third kappa shape index (κ3) is 5.97. The molecule has 0 radical (unpaired) electrons. The second-order valence-electron chi connectivity index (χ2n) is 7.39. The number of hydrogen-bond donors (Lipinski definition) is 1. The molecule has 0 bridgehead atoms. The van der Waals surface area contributed by atoms with Crippen LogP contribution in [0, 0.1) is 0 Å². The normalized spacial score (nSPS) is 21.0. The molecule has 0 spiro atoms. The topological polar surface area (TPSA) is 53.9 Å². The minimum atomic E-state index is 0.311. The van der Waals surface area contributed by atoms with Crippen LogP contribution in [0.5, 0.6) is 0 Å². The Hall–Kier alpha value is -1.07. The van der Waals surface area contributed by atoms with Crippen molar-refractivity contribution in [3.05, 3.63) is 19.0 Å². The average molecular weight is 307 g/mol. The number of aromatic nitrogens is 3. The van der Waals surface area contributed by atoms with Crippen LogP contribution in [0.15, 0.2) is 19.0 Å². The van der Waals surface area contributed by atoms with Gasteiger partial charge in [0.05, 0.1) is 0 Å². The van der Waals surface area contributed by atoms with Crippen LogP contribution in [0.2, 0.25) is 0 Å². The fraction of sp³-hybridized carbons (Fsp3) is 0.824. The Kier molecular flexibility index (Phi) is 7.36. The molecule has 22 heavy (non-hydrogen) atoms. The number of nitrogens with zero attached hydrogens (tertiary/aromatic N) is 4. The maximum absolute atomic E-state index is 3.73. The number of rotatable bonds is 4. The summed E-state index contributed by atoms with van der Waals surface area (Å²) < 4.78 is 0. The fourth-order valence-corrected chi connectivity index (χ4v) is 3.20. The van der Waals surface area contributed by atoms with E-state index in [0.29, 0.717) is 17.1 Å². The van der Waals surface area contributed by atoms with Crippen LogP contribution in [0.25, 0.3) is 0 Å². The molecular formula is C17H33N5. The summed E-state index contributed by atoms with van der Waals surface area (Å²) in [6.07, 6.45) is 9.42. The van der Waals surface area contributed by atoms with Gasteiger partial charge < -0.3 is 5.32 Å². The number of likely N-dealkylation sites (tertiary alicyclic amines) is 1. The minimum Gasteiger partial charge on any atom is -0.314 e. The predicted molar refractivity (Wildman–Crippen MR) is 91.7 cm³/mol. The Labute approximate surface area is 136 Å². The van der Waals surface area contributed by atoms with Gasteiger partial charge in [0.25, 0.3) is 0 Å². The van der Waals surface area contributed by atoms with Gasteiger partial charge in [0.2, 0.25) is 0 Å². The maximum Gasteiger partial charge on any atom is 0.119 e. The summed E-state index contributed by atoms with van der Waals surface area (Å²) in [7, 11) is 2.27. The SMILES string of the molecule is CCCCNC1CC(C)(C)N(C)C(C)(C)C1.c1ncncn1. The molecular weight excluding hydrogens is 274 g/mol. The smallest absolute Gasteiger partial charge is 0.119 e. The summed E-state index contributed by atoms with van der Waals surface area (Å²) in [4.78, 5) is 13.2. The Morgan fingerprint density at radius 3 is 1.82 bits per heavy atom. The first-order chi connectivity index (χ1) is 10.3. The van der Waals surface area contributed by atoms with Gasteiger partial charge in [0.15, 0.2) is 0 Å². The third-order valence-electron chi connectivity index (χ3n) is 4.67. The van der Waals surface area contributed by atoms with Crippen LogP contribution in [0.4, 0.5) is 0 Å². The van der Waals surface area contributed by atoms with E-state index in [-0.39, 0.29) is 0 Å². The average Bonchev–Trinajstić information content (AvgIpc) is 2.47. The molecule has 1 fully saturated rings. The minimum absolute atomic E-state index is 0.311. The molecule has 0 amide bonds. The Bertz CT molecular complexity index is 360. The largest absolute Gasteiger partial charge is 0.314 e. The molecule has 126 valence electrons. The molecule has 0 atom stereocenters. The van der Waals surface area contributed by atoms with Crippen molar-refractivity contribution in [3.8, 4) is 0 Å². The first-order valence-corrected chi connectivity index (χ1v) is 8.32. The monoisotopic (exact) mass is 307 g/mol. The molecule has 1 saturated heterocycles. The van der Waals surface area contributed by atoms with Crippen LogP contribution >= 0.6 is 0 Å². The number of hydrogen-bond acceptors (Lipinski definition) is 5. The highest BCUT2D eigenvalue weighted by Crippen LogP contribution is 2.36. The van der Waals surface area contributed by atoms with Crippen molar-refractivity contribution >= 4 is 0 Å². The van der Waals surface area contributed by atoms with E-state index in [9.17, 15) is 0 Å². The van der Waals surface area contributed by atoms with Gasteiger partial charge in [0, 0.05) is 17.1 Å². The van der Waals surface area contributed by atoms with Crippen molar-refractivity contribution in [1.82, 2.24) is 25.2 Å².